The normalized spacial score (nSPS) is 27.2. The Morgan fingerprint density at radius 3 is 2.62 bits per heavy atom. The summed E-state index contributed by atoms with van der Waals surface area (Å²) in [4.78, 5) is 25.6. The highest BCUT2D eigenvalue weighted by molar-refractivity contribution is 5.81. The van der Waals surface area contributed by atoms with Gasteiger partial charge in [0.05, 0.1) is 18.6 Å². The zero-order valence-corrected chi connectivity index (χ0v) is 13.9. The summed E-state index contributed by atoms with van der Waals surface area (Å²) in [7, 11) is 0. The predicted molar refractivity (Wildman–Crippen MR) is 89.5 cm³/mol. The lowest BCUT2D eigenvalue weighted by molar-refractivity contribution is -0.144. The van der Waals surface area contributed by atoms with Crippen molar-refractivity contribution >= 4 is 11.9 Å². The average molecular weight is 331 g/mol. The number of hydrogen-bond acceptors (Lipinski definition) is 3. The molecule has 1 heterocycles. The van der Waals surface area contributed by atoms with Crippen molar-refractivity contribution in [3.63, 3.8) is 0 Å². The van der Waals surface area contributed by atoms with Gasteiger partial charge in [0.25, 0.3) is 0 Å². The molecule has 2 fully saturated rings. The largest absolute Gasteiger partial charge is 0.481 e. The molecule has 5 heteroatoms. The number of carboxylic acids is 1. The summed E-state index contributed by atoms with van der Waals surface area (Å²) < 4.78 is 5.81. The quantitative estimate of drug-likeness (QED) is 0.899. The van der Waals surface area contributed by atoms with Crippen molar-refractivity contribution < 1.29 is 19.4 Å². The second-order valence-corrected chi connectivity index (χ2v) is 6.85. The van der Waals surface area contributed by atoms with Gasteiger partial charge in [0.15, 0.2) is 0 Å². The van der Waals surface area contributed by atoms with E-state index in [-0.39, 0.29) is 23.8 Å². The van der Waals surface area contributed by atoms with Gasteiger partial charge in [-0.1, -0.05) is 30.3 Å². The molecule has 3 rings (SSSR count). The molecule has 130 valence electrons. The minimum absolute atomic E-state index is 0.0691. The number of carbonyl (C=O) groups is 2. The molecule has 1 aromatic carbocycles. The molecule has 1 aliphatic carbocycles. The minimum atomic E-state index is -0.770. The molecule has 1 saturated heterocycles. The van der Waals surface area contributed by atoms with Crippen LogP contribution in [-0.2, 0) is 20.7 Å². The topological polar surface area (TPSA) is 66.8 Å². The SMILES string of the molecule is O=C(O)[C@@H]1CC[C@H](C(=O)N2CCOC(CCc3ccccc3)C2)C1. The Kier molecular flexibility index (Phi) is 5.51. The first-order valence-corrected chi connectivity index (χ1v) is 8.80. The summed E-state index contributed by atoms with van der Waals surface area (Å²) in [6, 6.07) is 10.3. The van der Waals surface area contributed by atoms with Crippen LogP contribution in [0.25, 0.3) is 0 Å². The smallest absolute Gasteiger partial charge is 0.306 e. The van der Waals surface area contributed by atoms with Crippen LogP contribution in [0.5, 0.6) is 0 Å². The van der Waals surface area contributed by atoms with E-state index in [1.54, 1.807) is 0 Å². The third-order valence-corrected chi connectivity index (χ3v) is 5.18. The van der Waals surface area contributed by atoms with Gasteiger partial charge < -0.3 is 14.7 Å². The third kappa shape index (κ3) is 4.15. The highest BCUT2D eigenvalue weighted by atomic mass is 16.5. The standard InChI is InChI=1S/C19H25NO4/c21-18(15-7-8-16(12-15)19(22)23)20-10-11-24-17(13-20)9-6-14-4-2-1-3-5-14/h1-5,15-17H,6-13H2,(H,22,23)/t15-,16+,17?/m0/s1. The van der Waals surface area contributed by atoms with Crippen molar-refractivity contribution in [1.29, 1.82) is 0 Å². The maximum absolute atomic E-state index is 12.7. The number of hydrogen-bond donors (Lipinski definition) is 1. The van der Waals surface area contributed by atoms with Crippen molar-refractivity contribution in [2.45, 2.75) is 38.2 Å². The number of aliphatic carboxylic acids is 1. The zero-order valence-electron chi connectivity index (χ0n) is 13.9. The second kappa shape index (κ2) is 7.79. The molecule has 1 unspecified atom stereocenters. The highest BCUT2D eigenvalue weighted by Crippen LogP contribution is 2.32. The molecular weight excluding hydrogens is 306 g/mol. The lowest BCUT2D eigenvalue weighted by Gasteiger charge is -2.34. The maximum Gasteiger partial charge on any atom is 0.306 e. The van der Waals surface area contributed by atoms with Crippen molar-refractivity contribution in [2.24, 2.45) is 11.8 Å². The fourth-order valence-corrected chi connectivity index (χ4v) is 3.75. The van der Waals surface area contributed by atoms with E-state index < -0.39 is 5.97 Å². The summed E-state index contributed by atoms with van der Waals surface area (Å²) in [6.07, 6.45) is 3.71. The summed E-state index contributed by atoms with van der Waals surface area (Å²) >= 11 is 0. The predicted octanol–water partition coefficient (Wildman–Crippen LogP) is 2.35. The molecule has 0 spiro atoms. The van der Waals surface area contributed by atoms with E-state index in [1.807, 2.05) is 23.1 Å². The number of aryl methyl sites for hydroxylation is 1. The van der Waals surface area contributed by atoms with Crippen molar-refractivity contribution in [2.75, 3.05) is 19.7 Å². The zero-order chi connectivity index (χ0) is 16.9. The van der Waals surface area contributed by atoms with E-state index in [0.29, 0.717) is 39.0 Å². The Labute approximate surface area is 142 Å². The average Bonchev–Trinajstić information content (AvgIpc) is 3.11. The number of amides is 1. The van der Waals surface area contributed by atoms with Crippen LogP contribution >= 0.6 is 0 Å². The van der Waals surface area contributed by atoms with Crippen LogP contribution in [-0.4, -0.2) is 47.7 Å². The molecule has 24 heavy (non-hydrogen) atoms. The highest BCUT2D eigenvalue weighted by Gasteiger charge is 2.37. The monoisotopic (exact) mass is 331 g/mol. The van der Waals surface area contributed by atoms with E-state index in [1.165, 1.54) is 5.56 Å². The Bertz CT molecular complexity index is 574. The van der Waals surface area contributed by atoms with Gasteiger partial charge in [-0.2, -0.15) is 0 Å². The molecule has 1 aromatic rings. The van der Waals surface area contributed by atoms with E-state index >= 15 is 0 Å². The number of carbonyl (C=O) groups excluding carboxylic acids is 1. The molecule has 0 aromatic heterocycles. The van der Waals surface area contributed by atoms with Crippen molar-refractivity contribution in [3.8, 4) is 0 Å². The van der Waals surface area contributed by atoms with Crippen LogP contribution in [0, 0.1) is 11.8 Å². The number of carboxylic acid groups (broad SMARTS) is 1. The minimum Gasteiger partial charge on any atom is -0.481 e. The molecule has 5 nitrogen and oxygen atoms in total. The van der Waals surface area contributed by atoms with Crippen LogP contribution in [0.15, 0.2) is 30.3 Å². The van der Waals surface area contributed by atoms with Crippen LogP contribution in [0.4, 0.5) is 0 Å². The van der Waals surface area contributed by atoms with Gasteiger partial charge in [-0.05, 0) is 37.7 Å². The Balaban J connectivity index is 1.50. The van der Waals surface area contributed by atoms with Crippen molar-refractivity contribution in [1.82, 2.24) is 4.90 Å². The van der Waals surface area contributed by atoms with E-state index in [4.69, 9.17) is 9.84 Å². The number of nitrogens with zero attached hydrogens (tertiary/aromatic N) is 1. The van der Waals surface area contributed by atoms with Crippen LogP contribution in [0.3, 0.4) is 0 Å². The maximum atomic E-state index is 12.7. The molecule has 0 radical (unpaired) electrons. The molecule has 1 N–H and O–H groups in total. The second-order valence-electron chi connectivity index (χ2n) is 6.85. The number of morpholine rings is 1. The fraction of sp³-hybridized carbons (Fsp3) is 0.579. The van der Waals surface area contributed by atoms with Gasteiger partial charge in [0, 0.05) is 19.0 Å². The first-order chi connectivity index (χ1) is 11.6. The summed E-state index contributed by atoms with van der Waals surface area (Å²) in [6.45, 7) is 1.81. The summed E-state index contributed by atoms with van der Waals surface area (Å²) in [5, 5.41) is 9.10. The number of ether oxygens (including phenoxy) is 1. The molecule has 1 saturated carbocycles. The molecule has 1 aliphatic heterocycles. The third-order valence-electron chi connectivity index (χ3n) is 5.18. The number of benzene rings is 1. The lowest BCUT2D eigenvalue weighted by atomic mass is 10.0. The van der Waals surface area contributed by atoms with Crippen LogP contribution in [0.2, 0.25) is 0 Å². The van der Waals surface area contributed by atoms with E-state index in [2.05, 4.69) is 12.1 Å². The van der Waals surface area contributed by atoms with Gasteiger partial charge in [0.1, 0.15) is 0 Å². The van der Waals surface area contributed by atoms with Crippen molar-refractivity contribution in [3.05, 3.63) is 35.9 Å². The molecule has 0 bridgehead atoms. The van der Waals surface area contributed by atoms with E-state index in [9.17, 15) is 9.59 Å². The van der Waals surface area contributed by atoms with Crippen LogP contribution in [0.1, 0.15) is 31.2 Å². The molecule has 1 amide bonds. The first-order valence-electron chi connectivity index (χ1n) is 8.80. The molecular formula is C19H25NO4. The van der Waals surface area contributed by atoms with Gasteiger partial charge in [-0.3, -0.25) is 9.59 Å². The van der Waals surface area contributed by atoms with Crippen LogP contribution < -0.4 is 0 Å². The lowest BCUT2D eigenvalue weighted by Crippen LogP contribution is -2.47. The van der Waals surface area contributed by atoms with E-state index in [0.717, 1.165) is 12.8 Å². The first kappa shape index (κ1) is 17.0. The summed E-state index contributed by atoms with van der Waals surface area (Å²) in [5.74, 6) is -1.13. The van der Waals surface area contributed by atoms with Gasteiger partial charge >= 0.3 is 5.97 Å². The Hall–Kier alpha value is -1.88. The number of rotatable bonds is 5. The van der Waals surface area contributed by atoms with Gasteiger partial charge in [-0.25, -0.2) is 0 Å². The Morgan fingerprint density at radius 1 is 1.17 bits per heavy atom. The molecule has 2 aliphatic rings. The fourth-order valence-electron chi connectivity index (χ4n) is 3.75. The summed E-state index contributed by atoms with van der Waals surface area (Å²) in [5.41, 5.74) is 1.28. The Morgan fingerprint density at radius 2 is 1.92 bits per heavy atom. The van der Waals surface area contributed by atoms with Gasteiger partial charge in [0.2, 0.25) is 5.91 Å². The molecule has 3 atom stereocenters. The van der Waals surface area contributed by atoms with Gasteiger partial charge in [-0.15, -0.1) is 0 Å².